The predicted molar refractivity (Wildman–Crippen MR) is 87.8 cm³/mol. The van der Waals surface area contributed by atoms with Gasteiger partial charge in [-0.05, 0) is 20.8 Å². The fraction of sp³-hybridized carbons (Fsp3) is 0.688. The highest BCUT2D eigenvalue weighted by Gasteiger charge is 2.57. The molecule has 3 rings (SSSR count). The molecule has 3 N–H and O–H groups in total. The summed E-state index contributed by atoms with van der Waals surface area (Å²) < 4.78 is 5.08. The number of carbonyl (C=O) groups is 3. The summed E-state index contributed by atoms with van der Waals surface area (Å²) in [4.78, 5) is 42.5. The molecule has 2 fully saturated rings. The van der Waals surface area contributed by atoms with Crippen LogP contribution in [0.1, 0.15) is 20.8 Å². The molecular formula is C16H24N4O6. The number of nitrogens with one attached hydrogen (secondary N) is 2. The van der Waals surface area contributed by atoms with E-state index < -0.39 is 29.7 Å². The van der Waals surface area contributed by atoms with Crippen molar-refractivity contribution in [1.29, 1.82) is 0 Å². The standard InChI is InChI=1S/C16H24N4O6/c1-16(2,3)26-14(22)17-6-7-25-18-13(21)12-10-5-4-9(10)11-8-19(12)15(23)20(11)24/h4-5,9-12,24H,6-8H2,1-3H3,(H,17,22)(H,18,21). The van der Waals surface area contributed by atoms with Gasteiger partial charge >= 0.3 is 12.1 Å². The fourth-order valence-corrected chi connectivity index (χ4v) is 3.44. The zero-order valence-corrected chi connectivity index (χ0v) is 15.0. The van der Waals surface area contributed by atoms with Gasteiger partial charge in [-0.3, -0.25) is 14.8 Å². The van der Waals surface area contributed by atoms with E-state index in [9.17, 15) is 19.6 Å². The molecule has 144 valence electrons. The van der Waals surface area contributed by atoms with Crippen LogP contribution >= 0.6 is 0 Å². The highest BCUT2D eigenvalue weighted by atomic mass is 16.7. The number of hydroxylamine groups is 3. The Labute approximate surface area is 151 Å². The van der Waals surface area contributed by atoms with E-state index in [1.807, 2.05) is 12.2 Å². The summed E-state index contributed by atoms with van der Waals surface area (Å²) in [6.45, 7) is 5.78. The number of ether oxygens (including phenoxy) is 1. The summed E-state index contributed by atoms with van der Waals surface area (Å²) in [5, 5.41) is 13.1. The van der Waals surface area contributed by atoms with E-state index in [4.69, 9.17) is 9.57 Å². The summed E-state index contributed by atoms with van der Waals surface area (Å²) >= 11 is 0. The number of piperidine rings is 1. The van der Waals surface area contributed by atoms with Gasteiger partial charge in [0, 0.05) is 24.9 Å². The Morgan fingerprint density at radius 1 is 1.31 bits per heavy atom. The third-order valence-corrected chi connectivity index (χ3v) is 4.60. The average molecular weight is 368 g/mol. The Kier molecular flexibility index (Phi) is 4.80. The summed E-state index contributed by atoms with van der Waals surface area (Å²) in [5.74, 6) is -0.630. The van der Waals surface area contributed by atoms with Crippen molar-refractivity contribution < 1.29 is 29.2 Å². The van der Waals surface area contributed by atoms with Gasteiger partial charge in [0.25, 0.3) is 5.91 Å². The Bertz CT molecular complexity index is 631. The smallest absolute Gasteiger partial charge is 0.407 e. The predicted octanol–water partition coefficient (Wildman–Crippen LogP) is 0.239. The van der Waals surface area contributed by atoms with Crippen molar-refractivity contribution in [2.45, 2.75) is 38.5 Å². The van der Waals surface area contributed by atoms with Crippen molar-refractivity contribution in [3.8, 4) is 0 Å². The lowest BCUT2D eigenvalue weighted by molar-refractivity contribution is -0.141. The number of hydrogen-bond acceptors (Lipinski definition) is 6. The molecule has 0 aromatic carbocycles. The molecule has 4 amide bonds. The van der Waals surface area contributed by atoms with Gasteiger partial charge in [0.2, 0.25) is 0 Å². The van der Waals surface area contributed by atoms with Crippen LogP contribution in [-0.2, 0) is 14.4 Å². The minimum Gasteiger partial charge on any atom is -0.444 e. The second-order valence-electron chi connectivity index (χ2n) is 7.57. The number of hydrogen-bond donors (Lipinski definition) is 3. The highest BCUT2D eigenvalue weighted by Crippen LogP contribution is 2.43. The number of carbonyl (C=O) groups excluding carboxylic acids is 3. The van der Waals surface area contributed by atoms with Crippen LogP contribution in [0.3, 0.4) is 0 Å². The van der Waals surface area contributed by atoms with Gasteiger partial charge in [-0.2, -0.15) is 0 Å². The number of rotatable bonds is 5. The van der Waals surface area contributed by atoms with Gasteiger partial charge < -0.3 is 15.0 Å². The molecule has 0 radical (unpaired) electrons. The zero-order valence-electron chi connectivity index (χ0n) is 15.0. The van der Waals surface area contributed by atoms with Crippen LogP contribution in [-0.4, -0.2) is 70.6 Å². The summed E-state index contributed by atoms with van der Waals surface area (Å²) in [6.07, 6.45) is 3.20. The molecule has 0 spiro atoms. The first-order valence-electron chi connectivity index (χ1n) is 8.54. The van der Waals surface area contributed by atoms with Gasteiger partial charge in [-0.25, -0.2) is 20.1 Å². The van der Waals surface area contributed by atoms with Crippen LogP contribution in [0.25, 0.3) is 0 Å². The molecule has 4 atom stereocenters. The SMILES string of the molecule is CC(C)(C)OC(=O)NCCONC(=O)C1C2C=CC2C2CN1C(=O)N2O. The molecule has 0 saturated carbocycles. The Morgan fingerprint density at radius 2 is 2.00 bits per heavy atom. The van der Waals surface area contributed by atoms with Crippen LogP contribution < -0.4 is 10.8 Å². The highest BCUT2D eigenvalue weighted by molar-refractivity contribution is 5.89. The van der Waals surface area contributed by atoms with E-state index >= 15 is 0 Å². The second-order valence-corrected chi connectivity index (χ2v) is 7.57. The number of fused-ring (bicyclic) bond motifs is 4. The minimum atomic E-state index is -0.718. The van der Waals surface area contributed by atoms with E-state index in [1.165, 1.54) is 4.90 Å². The van der Waals surface area contributed by atoms with Gasteiger partial charge in [0.1, 0.15) is 11.6 Å². The quantitative estimate of drug-likeness (QED) is 0.277. The van der Waals surface area contributed by atoms with Gasteiger partial charge in [0.15, 0.2) is 0 Å². The van der Waals surface area contributed by atoms with Gasteiger partial charge in [0.05, 0.1) is 12.6 Å². The molecule has 3 aliphatic rings. The van der Waals surface area contributed by atoms with E-state index in [-0.39, 0.29) is 31.0 Å². The second kappa shape index (κ2) is 6.76. The largest absolute Gasteiger partial charge is 0.444 e. The minimum absolute atomic E-state index is 0.0349. The van der Waals surface area contributed by atoms with Crippen LogP contribution in [0.4, 0.5) is 9.59 Å². The first-order valence-corrected chi connectivity index (χ1v) is 8.54. The third-order valence-electron chi connectivity index (χ3n) is 4.60. The number of amides is 4. The van der Waals surface area contributed by atoms with Crippen molar-refractivity contribution in [3.05, 3.63) is 12.2 Å². The Hall–Kier alpha value is -2.33. The molecule has 2 heterocycles. The summed E-state index contributed by atoms with van der Waals surface area (Å²) in [5.41, 5.74) is 1.73. The molecule has 10 heteroatoms. The normalized spacial score (nSPS) is 29.2. The fourth-order valence-electron chi connectivity index (χ4n) is 3.44. The molecular weight excluding hydrogens is 344 g/mol. The monoisotopic (exact) mass is 368 g/mol. The molecule has 2 bridgehead atoms. The Morgan fingerprint density at radius 3 is 2.62 bits per heavy atom. The van der Waals surface area contributed by atoms with E-state index in [0.29, 0.717) is 11.6 Å². The van der Waals surface area contributed by atoms with Gasteiger partial charge in [-0.1, -0.05) is 12.2 Å². The number of alkyl carbamates (subject to hydrolysis) is 1. The average Bonchev–Trinajstić information content (AvgIpc) is 2.75. The van der Waals surface area contributed by atoms with Crippen molar-refractivity contribution in [3.63, 3.8) is 0 Å². The van der Waals surface area contributed by atoms with Crippen molar-refractivity contribution in [2.24, 2.45) is 11.8 Å². The number of nitrogens with zero attached hydrogens (tertiary/aromatic N) is 2. The lowest BCUT2D eigenvalue weighted by Crippen LogP contribution is -2.58. The summed E-state index contributed by atoms with van der Waals surface area (Å²) in [7, 11) is 0. The first kappa shape index (κ1) is 18.5. The van der Waals surface area contributed by atoms with Crippen molar-refractivity contribution in [2.75, 3.05) is 19.7 Å². The molecule has 4 unspecified atom stereocenters. The van der Waals surface area contributed by atoms with E-state index in [0.717, 1.165) is 0 Å². The van der Waals surface area contributed by atoms with Gasteiger partial charge in [-0.15, -0.1) is 0 Å². The lowest BCUT2D eigenvalue weighted by atomic mass is 9.70. The Balaban J connectivity index is 1.44. The van der Waals surface area contributed by atoms with Crippen molar-refractivity contribution >= 4 is 18.0 Å². The van der Waals surface area contributed by atoms with E-state index in [2.05, 4.69) is 10.8 Å². The first-order chi connectivity index (χ1) is 12.2. The van der Waals surface area contributed by atoms with Crippen molar-refractivity contribution in [1.82, 2.24) is 20.8 Å². The maximum absolute atomic E-state index is 12.4. The topological polar surface area (TPSA) is 120 Å². The molecule has 0 aromatic heterocycles. The lowest BCUT2D eigenvalue weighted by Gasteiger charge is -2.44. The number of urea groups is 1. The maximum Gasteiger partial charge on any atom is 0.407 e. The molecule has 2 saturated heterocycles. The van der Waals surface area contributed by atoms with E-state index in [1.54, 1.807) is 20.8 Å². The zero-order chi connectivity index (χ0) is 19.1. The molecule has 1 aliphatic carbocycles. The van der Waals surface area contributed by atoms with Crippen LogP contribution in [0.5, 0.6) is 0 Å². The van der Waals surface area contributed by atoms with Crippen LogP contribution in [0.2, 0.25) is 0 Å². The third kappa shape index (κ3) is 3.47. The van der Waals surface area contributed by atoms with Crippen LogP contribution in [0, 0.1) is 11.8 Å². The molecule has 0 aromatic rings. The molecule has 26 heavy (non-hydrogen) atoms. The molecule has 10 nitrogen and oxygen atoms in total. The van der Waals surface area contributed by atoms with Crippen LogP contribution in [0.15, 0.2) is 12.2 Å². The molecule has 2 aliphatic heterocycles. The maximum atomic E-state index is 12.4. The summed E-state index contributed by atoms with van der Waals surface area (Å²) in [6, 6.07) is -1.59.